The molecule has 0 radical (unpaired) electrons. The lowest BCUT2D eigenvalue weighted by atomic mass is 10.2. The fourth-order valence-corrected chi connectivity index (χ4v) is 3.63. The number of carbonyl (C=O) groups is 2. The van der Waals surface area contributed by atoms with E-state index in [1.54, 1.807) is 4.90 Å². The lowest BCUT2D eigenvalue weighted by Gasteiger charge is -2.14. The molecule has 0 unspecified atom stereocenters. The average Bonchev–Trinajstić information content (AvgIpc) is 3.14. The topological polar surface area (TPSA) is 61.4 Å². The molecule has 1 aliphatic rings. The quantitative estimate of drug-likeness (QED) is 0.903. The van der Waals surface area contributed by atoms with Crippen LogP contribution in [0, 0.1) is 6.92 Å². The van der Waals surface area contributed by atoms with Gasteiger partial charge in [0.2, 0.25) is 0 Å². The highest BCUT2D eigenvalue weighted by atomic mass is 32.1. The van der Waals surface area contributed by atoms with Gasteiger partial charge in [-0.05, 0) is 49.2 Å². The first-order chi connectivity index (χ1) is 11.1. The Kier molecular flexibility index (Phi) is 4.34. The van der Waals surface area contributed by atoms with E-state index < -0.39 is 0 Å². The van der Waals surface area contributed by atoms with Gasteiger partial charge in [-0.3, -0.25) is 9.69 Å². The Balaban J connectivity index is 1.70. The SMILES string of the molecule is CCc1cc(C(=O)Nc2ccc(N3CCNC3=O)cc2)sc1C. The molecule has 1 saturated heterocycles. The van der Waals surface area contributed by atoms with E-state index in [1.165, 1.54) is 21.8 Å². The number of aryl methyl sites for hydroxylation is 2. The zero-order valence-electron chi connectivity index (χ0n) is 13.2. The molecule has 2 N–H and O–H groups in total. The van der Waals surface area contributed by atoms with Gasteiger partial charge < -0.3 is 10.6 Å². The van der Waals surface area contributed by atoms with E-state index >= 15 is 0 Å². The molecule has 23 heavy (non-hydrogen) atoms. The smallest absolute Gasteiger partial charge is 0.321 e. The van der Waals surface area contributed by atoms with Gasteiger partial charge in [-0.2, -0.15) is 0 Å². The average molecular weight is 329 g/mol. The minimum absolute atomic E-state index is 0.0806. The van der Waals surface area contributed by atoms with Gasteiger partial charge in [-0.1, -0.05) is 6.92 Å². The van der Waals surface area contributed by atoms with Crippen LogP contribution in [-0.4, -0.2) is 25.0 Å². The summed E-state index contributed by atoms with van der Waals surface area (Å²) >= 11 is 1.52. The Morgan fingerprint density at radius 3 is 2.65 bits per heavy atom. The molecule has 0 atom stereocenters. The molecule has 2 aromatic rings. The second-order valence-corrected chi connectivity index (χ2v) is 6.69. The van der Waals surface area contributed by atoms with Gasteiger partial charge in [0.15, 0.2) is 0 Å². The van der Waals surface area contributed by atoms with Crippen LogP contribution in [0.15, 0.2) is 30.3 Å². The third-order valence-corrected chi connectivity index (χ3v) is 5.01. The van der Waals surface area contributed by atoms with Crippen molar-refractivity contribution in [2.24, 2.45) is 0 Å². The van der Waals surface area contributed by atoms with Gasteiger partial charge in [0.1, 0.15) is 0 Å². The largest absolute Gasteiger partial charge is 0.336 e. The summed E-state index contributed by atoms with van der Waals surface area (Å²) in [5.74, 6) is -0.0931. The summed E-state index contributed by atoms with van der Waals surface area (Å²) < 4.78 is 0. The highest BCUT2D eigenvalue weighted by Crippen LogP contribution is 2.24. The fourth-order valence-electron chi connectivity index (χ4n) is 2.62. The van der Waals surface area contributed by atoms with Gasteiger partial charge in [-0.25, -0.2) is 4.79 Å². The number of hydrogen-bond donors (Lipinski definition) is 2. The molecule has 0 bridgehead atoms. The number of nitrogens with one attached hydrogen (secondary N) is 2. The number of hydrogen-bond acceptors (Lipinski definition) is 3. The van der Waals surface area contributed by atoms with Gasteiger partial charge >= 0.3 is 6.03 Å². The Morgan fingerprint density at radius 1 is 1.35 bits per heavy atom. The van der Waals surface area contributed by atoms with Crippen LogP contribution in [0.2, 0.25) is 0 Å². The van der Waals surface area contributed by atoms with Crippen molar-refractivity contribution >= 4 is 34.6 Å². The second-order valence-electron chi connectivity index (χ2n) is 5.43. The summed E-state index contributed by atoms with van der Waals surface area (Å²) in [6.07, 6.45) is 0.933. The van der Waals surface area contributed by atoms with E-state index in [0.717, 1.165) is 22.7 Å². The van der Waals surface area contributed by atoms with Crippen molar-refractivity contribution in [3.8, 4) is 0 Å². The maximum atomic E-state index is 12.3. The van der Waals surface area contributed by atoms with Crippen molar-refractivity contribution in [2.45, 2.75) is 20.3 Å². The summed E-state index contributed by atoms with van der Waals surface area (Å²) in [6.45, 7) is 5.45. The van der Waals surface area contributed by atoms with Crippen LogP contribution in [0.3, 0.4) is 0 Å². The van der Waals surface area contributed by atoms with E-state index in [2.05, 4.69) is 17.6 Å². The van der Waals surface area contributed by atoms with Crippen LogP contribution >= 0.6 is 11.3 Å². The van der Waals surface area contributed by atoms with E-state index in [0.29, 0.717) is 13.1 Å². The molecule has 0 aliphatic carbocycles. The standard InChI is InChI=1S/C17H19N3O2S/c1-3-12-10-15(23-11(12)2)16(21)19-13-4-6-14(7-5-13)20-9-8-18-17(20)22/h4-7,10H,3,8-9H2,1-2H3,(H,18,22)(H,19,21). The van der Waals surface area contributed by atoms with E-state index in [4.69, 9.17) is 0 Å². The van der Waals surface area contributed by atoms with Crippen molar-refractivity contribution < 1.29 is 9.59 Å². The summed E-state index contributed by atoms with van der Waals surface area (Å²) in [6, 6.07) is 9.20. The maximum absolute atomic E-state index is 12.3. The molecule has 3 amide bonds. The van der Waals surface area contributed by atoms with Crippen LogP contribution in [0.1, 0.15) is 27.0 Å². The summed E-state index contributed by atoms with van der Waals surface area (Å²) in [5.41, 5.74) is 2.77. The normalized spacial score (nSPS) is 14.0. The highest BCUT2D eigenvalue weighted by molar-refractivity contribution is 7.14. The lowest BCUT2D eigenvalue weighted by molar-refractivity contribution is 0.103. The summed E-state index contributed by atoms with van der Waals surface area (Å²) in [5, 5.41) is 5.67. The monoisotopic (exact) mass is 329 g/mol. The van der Waals surface area contributed by atoms with Gasteiger partial charge in [0, 0.05) is 29.3 Å². The molecular weight excluding hydrogens is 310 g/mol. The lowest BCUT2D eigenvalue weighted by Crippen LogP contribution is -2.27. The van der Waals surface area contributed by atoms with Crippen molar-refractivity contribution in [1.29, 1.82) is 0 Å². The number of urea groups is 1. The van der Waals surface area contributed by atoms with Crippen LogP contribution in [-0.2, 0) is 6.42 Å². The number of benzene rings is 1. The van der Waals surface area contributed by atoms with E-state index in [1.807, 2.05) is 37.3 Å². The first kappa shape index (κ1) is 15.6. The number of thiophene rings is 1. The van der Waals surface area contributed by atoms with E-state index in [-0.39, 0.29) is 11.9 Å². The molecule has 0 spiro atoms. The molecule has 2 heterocycles. The molecule has 3 rings (SSSR count). The van der Waals surface area contributed by atoms with Crippen LogP contribution < -0.4 is 15.5 Å². The van der Waals surface area contributed by atoms with Crippen molar-refractivity contribution in [3.63, 3.8) is 0 Å². The Hall–Kier alpha value is -2.34. The first-order valence-corrected chi connectivity index (χ1v) is 8.46. The minimum atomic E-state index is -0.0931. The second kappa shape index (κ2) is 6.42. The molecule has 1 aromatic heterocycles. The maximum Gasteiger partial charge on any atom is 0.321 e. The molecule has 0 saturated carbocycles. The number of anilines is 2. The van der Waals surface area contributed by atoms with Crippen LogP contribution in [0.5, 0.6) is 0 Å². The third-order valence-electron chi connectivity index (χ3n) is 3.92. The molecule has 1 aromatic carbocycles. The molecule has 6 heteroatoms. The fraction of sp³-hybridized carbons (Fsp3) is 0.294. The Morgan fingerprint density at radius 2 is 2.09 bits per heavy atom. The van der Waals surface area contributed by atoms with Gasteiger partial charge in [-0.15, -0.1) is 11.3 Å². The molecule has 120 valence electrons. The van der Waals surface area contributed by atoms with E-state index in [9.17, 15) is 9.59 Å². The Bertz CT molecular complexity index is 737. The minimum Gasteiger partial charge on any atom is -0.336 e. The third kappa shape index (κ3) is 3.22. The van der Waals surface area contributed by atoms with Crippen molar-refractivity contribution in [3.05, 3.63) is 45.6 Å². The predicted octanol–water partition coefficient (Wildman–Crippen LogP) is 3.40. The zero-order valence-corrected chi connectivity index (χ0v) is 14.0. The zero-order chi connectivity index (χ0) is 16.4. The summed E-state index contributed by atoms with van der Waals surface area (Å²) in [7, 11) is 0. The van der Waals surface area contributed by atoms with Crippen LogP contribution in [0.4, 0.5) is 16.2 Å². The number of carbonyl (C=O) groups excluding carboxylic acids is 2. The highest BCUT2D eigenvalue weighted by Gasteiger charge is 2.20. The predicted molar refractivity (Wildman–Crippen MR) is 93.6 cm³/mol. The number of rotatable bonds is 4. The van der Waals surface area contributed by atoms with Crippen molar-refractivity contribution in [2.75, 3.05) is 23.3 Å². The molecule has 1 aliphatic heterocycles. The first-order valence-electron chi connectivity index (χ1n) is 7.64. The van der Waals surface area contributed by atoms with Crippen LogP contribution in [0.25, 0.3) is 0 Å². The number of nitrogens with zero attached hydrogens (tertiary/aromatic N) is 1. The molecular formula is C17H19N3O2S. The Labute approximate surface area is 139 Å². The van der Waals surface area contributed by atoms with Gasteiger partial charge in [0.05, 0.1) is 4.88 Å². The van der Waals surface area contributed by atoms with Gasteiger partial charge in [0.25, 0.3) is 5.91 Å². The number of amides is 3. The molecule has 5 nitrogen and oxygen atoms in total. The molecule has 1 fully saturated rings. The van der Waals surface area contributed by atoms with Crippen molar-refractivity contribution in [1.82, 2.24) is 5.32 Å². The summed E-state index contributed by atoms with van der Waals surface area (Å²) in [4.78, 5) is 27.5.